The summed E-state index contributed by atoms with van der Waals surface area (Å²) in [5.74, 6) is 2.70. The van der Waals surface area contributed by atoms with Crippen LogP contribution in [0.4, 0.5) is 5.82 Å². The number of aromatic nitrogens is 4. The smallest absolute Gasteiger partial charge is 0.137 e. The van der Waals surface area contributed by atoms with Gasteiger partial charge in [-0.2, -0.15) is 0 Å². The molecular formula is C18H22ClN5. The van der Waals surface area contributed by atoms with Crippen molar-refractivity contribution in [3.63, 3.8) is 0 Å². The van der Waals surface area contributed by atoms with Crippen LogP contribution < -0.4 is 5.32 Å². The molecule has 0 fully saturated rings. The Bertz CT molecular complexity index is 856. The lowest BCUT2D eigenvalue weighted by atomic mass is 10.2. The maximum Gasteiger partial charge on any atom is 0.137 e. The average molecular weight is 344 g/mol. The predicted octanol–water partition coefficient (Wildman–Crippen LogP) is 3.93. The molecule has 1 aromatic carbocycles. The molecule has 0 aliphatic heterocycles. The summed E-state index contributed by atoms with van der Waals surface area (Å²) in [6.45, 7) is 4.78. The van der Waals surface area contributed by atoms with Gasteiger partial charge in [0, 0.05) is 32.0 Å². The van der Waals surface area contributed by atoms with E-state index >= 15 is 0 Å². The van der Waals surface area contributed by atoms with Gasteiger partial charge in [-0.1, -0.05) is 30.7 Å². The number of nitrogens with one attached hydrogen (secondary N) is 1. The lowest BCUT2D eigenvalue weighted by Gasteiger charge is -2.11. The van der Waals surface area contributed by atoms with E-state index in [1.165, 1.54) is 5.52 Å². The fourth-order valence-corrected chi connectivity index (χ4v) is 2.92. The molecule has 0 amide bonds. The summed E-state index contributed by atoms with van der Waals surface area (Å²) < 4.78 is 2.16. The first-order valence-electron chi connectivity index (χ1n) is 8.27. The number of benzene rings is 1. The van der Waals surface area contributed by atoms with Crippen LogP contribution >= 0.6 is 11.6 Å². The highest BCUT2D eigenvalue weighted by molar-refractivity contribution is 6.30. The molecule has 3 aromatic rings. The summed E-state index contributed by atoms with van der Waals surface area (Å²) >= 11 is 6.17. The average Bonchev–Trinajstić information content (AvgIpc) is 2.91. The van der Waals surface area contributed by atoms with Gasteiger partial charge in [-0.3, -0.25) is 0 Å². The van der Waals surface area contributed by atoms with Gasteiger partial charge >= 0.3 is 0 Å². The molecule has 24 heavy (non-hydrogen) atoms. The minimum Gasteiger partial charge on any atom is -0.370 e. The normalized spacial score (nSPS) is 11.2. The molecule has 0 atom stereocenters. The van der Waals surface area contributed by atoms with Crippen LogP contribution in [-0.4, -0.2) is 26.1 Å². The topological polar surface area (TPSA) is 55.6 Å². The van der Waals surface area contributed by atoms with Crippen LogP contribution in [-0.2, 0) is 19.9 Å². The molecule has 0 spiro atoms. The van der Waals surface area contributed by atoms with Gasteiger partial charge in [0.1, 0.15) is 22.6 Å². The monoisotopic (exact) mass is 343 g/mol. The molecule has 0 saturated heterocycles. The molecule has 0 bridgehead atoms. The molecule has 0 aliphatic rings. The number of hydrogen-bond acceptors (Lipinski definition) is 4. The van der Waals surface area contributed by atoms with Crippen LogP contribution in [0, 0.1) is 6.92 Å². The quantitative estimate of drug-likeness (QED) is 0.544. The molecule has 5 nitrogen and oxygen atoms in total. The first-order valence-corrected chi connectivity index (χ1v) is 8.65. The van der Waals surface area contributed by atoms with Gasteiger partial charge in [-0.25, -0.2) is 15.0 Å². The van der Waals surface area contributed by atoms with Gasteiger partial charge in [0.2, 0.25) is 0 Å². The fourth-order valence-electron chi connectivity index (χ4n) is 2.74. The second kappa shape index (κ2) is 7.18. The largest absolute Gasteiger partial charge is 0.370 e. The van der Waals surface area contributed by atoms with E-state index < -0.39 is 0 Å². The van der Waals surface area contributed by atoms with Crippen molar-refractivity contribution in [2.45, 2.75) is 33.1 Å². The molecule has 6 heteroatoms. The molecule has 0 aliphatic carbocycles. The Kier molecular flexibility index (Phi) is 5.00. The van der Waals surface area contributed by atoms with E-state index in [2.05, 4.69) is 39.0 Å². The number of hydrogen-bond donors (Lipinski definition) is 1. The lowest BCUT2D eigenvalue weighted by molar-refractivity contribution is 0.751. The predicted molar refractivity (Wildman–Crippen MR) is 98.7 cm³/mol. The van der Waals surface area contributed by atoms with E-state index in [4.69, 9.17) is 16.6 Å². The molecule has 0 radical (unpaired) electrons. The highest BCUT2D eigenvalue weighted by Crippen LogP contribution is 2.20. The molecule has 0 saturated carbocycles. The Morgan fingerprint density at radius 2 is 1.96 bits per heavy atom. The minimum atomic E-state index is 0.528. The zero-order valence-electron chi connectivity index (χ0n) is 14.3. The minimum absolute atomic E-state index is 0.528. The molecule has 2 heterocycles. The van der Waals surface area contributed by atoms with E-state index in [9.17, 15) is 0 Å². The van der Waals surface area contributed by atoms with E-state index in [0.29, 0.717) is 5.15 Å². The SMILES string of the molecule is CCc1nc(Cl)c(C)c(NCCCc2nc3ccccc3n2C)n1. The zero-order valence-corrected chi connectivity index (χ0v) is 15.1. The maximum atomic E-state index is 6.17. The molecule has 2 aromatic heterocycles. The van der Waals surface area contributed by atoms with Crippen LogP contribution in [0.3, 0.4) is 0 Å². The number of imidazole rings is 1. The van der Waals surface area contributed by atoms with E-state index in [0.717, 1.165) is 54.4 Å². The summed E-state index contributed by atoms with van der Waals surface area (Å²) in [5.41, 5.74) is 3.12. The number of para-hydroxylation sites is 2. The molecular weight excluding hydrogens is 322 g/mol. The summed E-state index contributed by atoms with van der Waals surface area (Å²) in [6, 6.07) is 8.22. The fraction of sp³-hybridized carbons (Fsp3) is 0.389. The second-order valence-electron chi connectivity index (χ2n) is 5.86. The Morgan fingerprint density at radius 3 is 2.71 bits per heavy atom. The van der Waals surface area contributed by atoms with Crippen LogP contribution in [0.15, 0.2) is 24.3 Å². The Balaban J connectivity index is 1.63. The summed E-state index contributed by atoms with van der Waals surface area (Å²) in [6.07, 6.45) is 2.66. The van der Waals surface area contributed by atoms with Crippen LogP contribution in [0.5, 0.6) is 0 Å². The summed E-state index contributed by atoms with van der Waals surface area (Å²) in [7, 11) is 2.07. The van der Waals surface area contributed by atoms with Crippen LogP contribution in [0.25, 0.3) is 11.0 Å². The van der Waals surface area contributed by atoms with Crippen molar-refractivity contribution in [3.8, 4) is 0 Å². The number of nitrogens with zero attached hydrogens (tertiary/aromatic N) is 4. The molecule has 1 N–H and O–H groups in total. The highest BCUT2D eigenvalue weighted by atomic mass is 35.5. The van der Waals surface area contributed by atoms with Gasteiger partial charge in [0.05, 0.1) is 11.0 Å². The van der Waals surface area contributed by atoms with Crippen LogP contribution in [0.2, 0.25) is 5.15 Å². The van der Waals surface area contributed by atoms with Crippen molar-refractivity contribution in [1.82, 2.24) is 19.5 Å². The van der Waals surface area contributed by atoms with Crippen LogP contribution in [0.1, 0.15) is 30.6 Å². The summed E-state index contributed by atoms with van der Waals surface area (Å²) in [5, 5.41) is 3.91. The Labute approximate surface area is 147 Å². The van der Waals surface area contributed by atoms with Crippen molar-refractivity contribution in [2.24, 2.45) is 7.05 Å². The first-order chi connectivity index (χ1) is 11.6. The van der Waals surface area contributed by atoms with Crippen molar-refractivity contribution in [3.05, 3.63) is 46.6 Å². The van der Waals surface area contributed by atoms with Gasteiger partial charge in [0.25, 0.3) is 0 Å². The van der Waals surface area contributed by atoms with E-state index in [1.54, 1.807) is 0 Å². The van der Waals surface area contributed by atoms with Crippen molar-refractivity contribution >= 4 is 28.5 Å². The molecule has 0 unspecified atom stereocenters. The van der Waals surface area contributed by atoms with E-state index in [-0.39, 0.29) is 0 Å². The standard InChI is InChI=1S/C18H22ClN5/c1-4-15-22-17(19)12(2)18(23-15)20-11-7-10-16-21-13-8-5-6-9-14(13)24(16)3/h5-6,8-9H,4,7,10-11H2,1-3H3,(H,20,22,23). The number of fused-ring (bicyclic) bond motifs is 1. The summed E-state index contributed by atoms with van der Waals surface area (Å²) in [4.78, 5) is 13.5. The number of aryl methyl sites for hydroxylation is 3. The van der Waals surface area contributed by atoms with Gasteiger partial charge in [-0.05, 0) is 25.5 Å². The number of anilines is 1. The van der Waals surface area contributed by atoms with E-state index in [1.807, 2.05) is 26.0 Å². The molecule has 3 rings (SSSR count). The third-order valence-electron chi connectivity index (χ3n) is 4.20. The number of halogens is 1. The van der Waals surface area contributed by atoms with Crippen molar-refractivity contribution in [2.75, 3.05) is 11.9 Å². The van der Waals surface area contributed by atoms with Gasteiger partial charge < -0.3 is 9.88 Å². The van der Waals surface area contributed by atoms with Crippen molar-refractivity contribution in [1.29, 1.82) is 0 Å². The second-order valence-corrected chi connectivity index (χ2v) is 6.22. The van der Waals surface area contributed by atoms with Gasteiger partial charge in [0.15, 0.2) is 0 Å². The highest BCUT2D eigenvalue weighted by Gasteiger charge is 2.09. The third kappa shape index (κ3) is 3.36. The Hall–Kier alpha value is -2.14. The third-order valence-corrected chi connectivity index (χ3v) is 4.57. The number of rotatable bonds is 6. The van der Waals surface area contributed by atoms with Gasteiger partial charge in [-0.15, -0.1) is 0 Å². The Morgan fingerprint density at radius 1 is 1.17 bits per heavy atom. The lowest BCUT2D eigenvalue weighted by Crippen LogP contribution is -2.10. The first kappa shape index (κ1) is 16.7. The molecule has 126 valence electrons. The maximum absolute atomic E-state index is 6.17. The zero-order chi connectivity index (χ0) is 17.1. The van der Waals surface area contributed by atoms with Crippen molar-refractivity contribution < 1.29 is 0 Å².